The highest BCUT2D eigenvalue weighted by Gasteiger charge is 2.24. The first-order valence-electron chi connectivity index (χ1n) is 8.36. The van der Waals surface area contributed by atoms with E-state index in [-0.39, 0.29) is 23.1 Å². The van der Waals surface area contributed by atoms with E-state index in [2.05, 4.69) is 10.3 Å². The quantitative estimate of drug-likeness (QED) is 0.882. The van der Waals surface area contributed by atoms with Gasteiger partial charge < -0.3 is 10.1 Å². The fraction of sp³-hybridized carbons (Fsp3) is 0.368. The molecule has 0 saturated heterocycles. The molecule has 6 heteroatoms. The number of nitrogens with one attached hydrogen (secondary N) is 1. The number of carbonyl (C=O) groups is 1. The summed E-state index contributed by atoms with van der Waals surface area (Å²) in [6, 6.07) is 7.71. The fourth-order valence-corrected chi connectivity index (χ4v) is 3.21. The van der Waals surface area contributed by atoms with Crippen molar-refractivity contribution in [3.63, 3.8) is 0 Å². The van der Waals surface area contributed by atoms with Gasteiger partial charge in [-0.05, 0) is 56.4 Å². The van der Waals surface area contributed by atoms with Crippen LogP contribution in [0, 0.1) is 12.7 Å². The second-order valence-corrected chi connectivity index (χ2v) is 6.77. The van der Waals surface area contributed by atoms with Crippen LogP contribution < -0.4 is 10.1 Å². The van der Waals surface area contributed by atoms with Crippen molar-refractivity contribution in [1.82, 2.24) is 10.3 Å². The Kier molecular flexibility index (Phi) is 5.53. The molecule has 1 N–H and O–H groups in total. The number of amides is 1. The molecule has 3 rings (SSSR count). The van der Waals surface area contributed by atoms with Crippen LogP contribution in [0.1, 0.15) is 41.6 Å². The first-order valence-corrected chi connectivity index (χ1v) is 8.74. The van der Waals surface area contributed by atoms with Gasteiger partial charge in [0, 0.05) is 18.3 Å². The maximum absolute atomic E-state index is 13.1. The summed E-state index contributed by atoms with van der Waals surface area (Å²) in [7, 11) is 0. The molecule has 2 aromatic rings. The zero-order valence-corrected chi connectivity index (χ0v) is 14.7. The summed E-state index contributed by atoms with van der Waals surface area (Å²) in [6.07, 6.45) is 5.23. The standard InChI is InChI=1S/C19H20ClFN2O2/c1-12-2-9-18(22-11-12)25-15-6-4-14(5-7-15)23-19(24)16-8-3-13(21)10-17(16)20/h2-3,8-11,14-15H,4-7H2,1H3,(H,23,24). The first kappa shape index (κ1) is 17.7. The van der Waals surface area contributed by atoms with Gasteiger partial charge >= 0.3 is 0 Å². The molecule has 4 nitrogen and oxygen atoms in total. The number of aryl methyl sites for hydroxylation is 1. The van der Waals surface area contributed by atoms with Crippen molar-refractivity contribution in [2.75, 3.05) is 0 Å². The molecule has 1 aromatic heterocycles. The number of halogens is 2. The number of aromatic nitrogens is 1. The van der Waals surface area contributed by atoms with Gasteiger partial charge in [0.15, 0.2) is 0 Å². The van der Waals surface area contributed by atoms with Crippen LogP contribution in [0.15, 0.2) is 36.5 Å². The van der Waals surface area contributed by atoms with Gasteiger partial charge in [-0.2, -0.15) is 0 Å². The van der Waals surface area contributed by atoms with Crippen LogP contribution in [0.25, 0.3) is 0 Å². The van der Waals surface area contributed by atoms with Gasteiger partial charge in [0.1, 0.15) is 11.9 Å². The molecule has 1 aliphatic rings. The molecular weight excluding hydrogens is 343 g/mol. The third-order valence-corrected chi connectivity index (χ3v) is 4.67. The smallest absolute Gasteiger partial charge is 0.253 e. The molecule has 0 radical (unpaired) electrons. The van der Waals surface area contributed by atoms with E-state index in [1.807, 2.05) is 19.1 Å². The van der Waals surface area contributed by atoms with Gasteiger partial charge in [-0.3, -0.25) is 4.79 Å². The zero-order chi connectivity index (χ0) is 17.8. The average Bonchev–Trinajstić information content (AvgIpc) is 2.58. The SMILES string of the molecule is Cc1ccc(OC2CCC(NC(=O)c3ccc(F)cc3Cl)CC2)nc1. The molecule has 0 bridgehead atoms. The molecule has 1 heterocycles. The Morgan fingerprint density at radius 3 is 2.64 bits per heavy atom. The van der Waals surface area contributed by atoms with Crippen LogP contribution >= 0.6 is 11.6 Å². The highest BCUT2D eigenvalue weighted by atomic mass is 35.5. The second-order valence-electron chi connectivity index (χ2n) is 6.36. The lowest BCUT2D eigenvalue weighted by atomic mass is 9.92. The largest absolute Gasteiger partial charge is 0.474 e. The number of nitrogens with zero attached hydrogens (tertiary/aromatic N) is 1. The number of ether oxygens (including phenoxy) is 1. The molecule has 0 unspecified atom stereocenters. The van der Waals surface area contributed by atoms with Crippen molar-refractivity contribution in [3.05, 3.63) is 58.5 Å². The van der Waals surface area contributed by atoms with Crippen LogP contribution in [0.3, 0.4) is 0 Å². The Morgan fingerprint density at radius 1 is 1.24 bits per heavy atom. The predicted molar refractivity (Wildman–Crippen MR) is 94.5 cm³/mol. The van der Waals surface area contributed by atoms with Crippen LogP contribution in [0.5, 0.6) is 5.88 Å². The Hall–Kier alpha value is -2.14. The molecule has 1 aromatic carbocycles. The lowest BCUT2D eigenvalue weighted by Crippen LogP contribution is -2.39. The first-order chi connectivity index (χ1) is 12.0. The van der Waals surface area contributed by atoms with E-state index in [0.29, 0.717) is 11.4 Å². The third-order valence-electron chi connectivity index (χ3n) is 4.36. The third kappa shape index (κ3) is 4.69. The lowest BCUT2D eigenvalue weighted by Gasteiger charge is -2.29. The molecule has 0 atom stereocenters. The topological polar surface area (TPSA) is 51.2 Å². The number of carbonyl (C=O) groups excluding carboxylic acids is 1. The minimum atomic E-state index is -0.455. The van der Waals surface area contributed by atoms with Crippen molar-refractivity contribution < 1.29 is 13.9 Å². The molecule has 0 aliphatic heterocycles. The number of hydrogen-bond acceptors (Lipinski definition) is 3. The van der Waals surface area contributed by atoms with E-state index in [1.165, 1.54) is 12.1 Å². The van der Waals surface area contributed by atoms with Crippen LogP contribution in [0.2, 0.25) is 5.02 Å². The molecule has 1 amide bonds. The molecule has 1 aliphatic carbocycles. The van der Waals surface area contributed by atoms with E-state index in [9.17, 15) is 9.18 Å². The highest BCUT2D eigenvalue weighted by molar-refractivity contribution is 6.33. The number of benzene rings is 1. The van der Waals surface area contributed by atoms with Gasteiger partial charge in [0.05, 0.1) is 10.6 Å². The van der Waals surface area contributed by atoms with Gasteiger partial charge in [-0.15, -0.1) is 0 Å². The Balaban J connectivity index is 1.50. The number of pyridine rings is 1. The van der Waals surface area contributed by atoms with Crippen molar-refractivity contribution in [2.45, 2.75) is 44.8 Å². The van der Waals surface area contributed by atoms with Crippen molar-refractivity contribution >= 4 is 17.5 Å². The molecular formula is C19H20ClFN2O2. The van der Waals surface area contributed by atoms with E-state index >= 15 is 0 Å². The summed E-state index contributed by atoms with van der Waals surface area (Å²) in [5.41, 5.74) is 1.39. The normalized spacial score (nSPS) is 20.1. The van der Waals surface area contributed by atoms with E-state index < -0.39 is 5.82 Å². The summed E-state index contributed by atoms with van der Waals surface area (Å²) in [5.74, 6) is -0.0883. The Morgan fingerprint density at radius 2 is 2.00 bits per heavy atom. The molecule has 0 spiro atoms. The van der Waals surface area contributed by atoms with Gasteiger partial charge in [-0.25, -0.2) is 9.37 Å². The summed E-state index contributed by atoms with van der Waals surface area (Å²) in [5, 5.41) is 3.10. The maximum Gasteiger partial charge on any atom is 0.253 e. The molecule has 25 heavy (non-hydrogen) atoms. The van der Waals surface area contributed by atoms with Crippen molar-refractivity contribution in [2.24, 2.45) is 0 Å². The summed E-state index contributed by atoms with van der Waals surface area (Å²) in [4.78, 5) is 16.5. The van der Waals surface area contributed by atoms with Gasteiger partial charge in [0.2, 0.25) is 5.88 Å². The fourth-order valence-electron chi connectivity index (χ4n) is 2.96. The molecule has 132 valence electrons. The summed E-state index contributed by atoms with van der Waals surface area (Å²) >= 11 is 5.94. The minimum absolute atomic E-state index is 0.0689. The second kappa shape index (κ2) is 7.83. The lowest BCUT2D eigenvalue weighted by molar-refractivity contribution is 0.0890. The van der Waals surface area contributed by atoms with Crippen LogP contribution in [-0.2, 0) is 0 Å². The van der Waals surface area contributed by atoms with Crippen LogP contribution in [-0.4, -0.2) is 23.0 Å². The number of rotatable bonds is 4. The van der Waals surface area contributed by atoms with Crippen molar-refractivity contribution in [1.29, 1.82) is 0 Å². The van der Waals surface area contributed by atoms with E-state index in [4.69, 9.17) is 16.3 Å². The number of hydrogen-bond donors (Lipinski definition) is 1. The Labute approximate surface area is 151 Å². The Bertz CT molecular complexity index is 744. The average molecular weight is 363 g/mol. The van der Waals surface area contributed by atoms with Gasteiger partial charge in [-0.1, -0.05) is 17.7 Å². The summed E-state index contributed by atoms with van der Waals surface area (Å²) < 4.78 is 19.0. The highest BCUT2D eigenvalue weighted by Crippen LogP contribution is 2.24. The summed E-state index contributed by atoms with van der Waals surface area (Å²) in [6.45, 7) is 1.98. The predicted octanol–water partition coefficient (Wildman–Crippen LogP) is 4.30. The van der Waals surface area contributed by atoms with Gasteiger partial charge in [0.25, 0.3) is 5.91 Å². The van der Waals surface area contributed by atoms with E-state index in [1.54, 1.807) is 6.20 Å². The van der Waals surface area contributed by atoms with Crippen LogP contribution in [0.4, 0.5) is 4.39 Å². The van der Waals surface area contributed by atoms with E-state index in [0.717, 1.165) is 37.3 Å². The minimum Gasteiger partial charge on any atom is -0.474 e. The zero-order valence-electron chi connectivity index (χ0n) is 14.0. The van der Waals surface area contributed by atoms with Crippen molar-refractivity contribution in [3.8, 4) is 5.88 Å². The monoisotopic (exact) mass is 362 g/mol. The maximum atomic E-state index is 13.1. The molecule has 1 saturated carbocycles. The molecule has 1 fully saturated rings.